The largest absolute Gasteiger partial charge is 0.507 e. The summed E-state index contributed by atoms with van der Waals surface area (Å²) in [6, 6.07) is 1.72. The number of aromatic carboxylic acids is 1. The van der Waals surface area contributed by atoms with E-state index >= 15 is 0 Å². The van der Waals surface area contributed by atoms with E-state index in [2.05, 4.69) is 6.08 Å². The summed E-state index contributed by atoms with van der Waals surface area (Å²) in [5, 5.41) is 20.2. The van der Waals surface area contributed by atoms with Crippen molar-refractivity contribution in [1.29, 1.82) is 0 Å². The average Bonchev–Trinajstić information content (AvgIpc) is 2.58. The zero-order valence-electron chi connectivity index (χ0n) is 15.3. The molecule has 25 heavy (non-hydrogen) atoms. The molecule has 2 N–H and O–H groups in total. The molecule has 0 saturated heterocycles. The molecule has 0 bridgehead atoms. The Morgan fingerprint density at radius 3 is 2.52 bits per heavy atom. The highest BCUT2D eigenvalue weighted by molar-refractivity contribution is 5.96. The van der Waals surface area contributed by atoms with Gasteiger partial charge < -0.3 is 14.9 Å². The van der Waals surface area contributed by atoms with E-state index in [4.69, 9.17) is 4.74 Å². The molecule has 1 aromatic carbocycles. The van der Waals surface area contributed by atoms with Crippen LogP contribution in [0.1, 0.15) is 67.4 Å². The molecule has 0 radical (unpaired) electrons. The number of benzene rings is 1. The molecule has 0 unspecified atom stereocenters. The second kappa shape index (κ2) is 8.75. The Balaban J connectivity index is 2.44. The van der Waals surface area contributed by atoms with Gasteiger partial charge in [0.25, 0.3) is 0 Å². The van der Waals surface area contributed by atoms with Gasteiger partial charge in [0, 0.05) is 5.56 Å². The van der Waals surface area contributed by atoms with Gasteiger partial charge >= 0.3 is 5.97 Å². The van der Waals surface area contributed by atoms with E-state index < -0.39 is 5.97 Å². The summed E-state index contributed by atoms with van der Waals surface area (Å²) in [4.78, 5) is 11.7. The number of aromatic hydroxyl groups is 1. The summed E-state index contributed by atoms with van der Waals surface area (Å²) in [5.74, 6) is -0.327. The third kappa shape index (κ3) is 4.88. The van der Waals surface area contributed by atoms with Crippen molar-refractivity contribution in [2.24, 2.45) is 5.92 Å². The highest BCUT2D eigenvalue weighted by Gasteiger charge is 2.21. The predicted molar refractivity (Wildman–Crippen MR) is 100 cm³/mol. The van der Waals surface area contributed by atoms with Crippen molar-refractivity contribution in [2.45, 2.75) is 52.4 Å². The molecule has 136 valence electrons. The summed E-state index contributed by atoms with van der Waals surface area (Å²) in [5.41, 5.74) is 2.05. The van der Waals surface area contributed by atoms with Crippen LogP contribution >= 0.6 is 0 Å². The van der Waals surface area contributed by atoms with Crippen molar-refractivity contribution in [1.82, 2.24) is 0 Å². The number of hydrogen-bond acceptors (Lipinski definition) is 3. The second-order valence-corrected chi connectivity index (χ2v) is 6.92. The van der Waals surface area contributed by atoms with Crippen LogP contribution in [0, 0.1) is 5.92 Å². The smallest absolute Gasteiger partial charge is 0.340 e. The lowest BCUT2D eigenvalue weighted by atomic mass is 9.88. The SMILES string of the molecule is COc1cc(C=CC2CCCCC2)c(C(=O)O)c(O)c1CC=C(C)C. The number of methoxy groups -OCH3 is 1. The van der Waals surface area contributed by atoms with E-state index in [1.165, 1.54) is 26.4 Å². The second-order valence-electron chi connectivity index (χ2n) is 6.92. The van der Waals surface area contributed by atoms with Gasteiger partial charge in [-0.15, -0.1) is 0 Å². The molecule has 0 amide bonds. The topological polar surface area (TPSA) is 66.8 Å². The van der Waals surface area contributed by atoms with Crippen LogP contribution < -0.4 is 4.74 Å². The minimum Gasteiger partial charge on any atom is -0.507 e. The molecule has 1 aromatic rings. The Hall–Kier alpha value is -2.23. The van der Waals surface area contributed by atoms with E-state index in [0.717, 1.165) is 18.4 Å². The number of rotatable bonds is 6. The fraction of sp³-hybridized carbons (Fsp3) is 0.476. The van der Waals surface area contributed by atoms with Crippen LogP contribution in [0.15, 0.2) is 23.8 Å². The van der Waals surface area contributed by atoms with Crippen LogP contribution in [0.4, 0.5) is 0 Å². The van der Waals surface area contributed by atoms with Crippen molar-refractivity contribution >= 4 is 12.0 Å². The van der Waals surface area contributed by atoms with Crippen LogP contribution in [0.3, 0.4) is 0 Å². The lowest BCUT2D eigenvalue weighted by Gasteiger charge is -2.18. The molecule has 4 heteroatoms. The molecular weight excluding hydrogens is 316 g/mol. The first-order chi connectivity index (χ1) is 11.9. The molecule has 1 aliphatic carbocycles. The maximum absolute atomic E-state index is 11.7. The molecular formula is C21H28O4. The van der Waals surface area contributed by atoms with Crippen molar-refractivity contribution < 1.29 is 19.7 Å². The molecule has 0 aliphatic heterocycles. The van der Waals surface area contributed by atoms with Gasteiger partial charge in [0.2, 0.25) is 0 Å². The van der Waals surface area contributed by atoms with Crippen molar-refractivity contribution in [2.75, 3.05) is 7.11 Å². The predicted octanol–water partition coefficient (Wildman–Crippen LogP) is 5.20. The van der Waals surface area contributed by atoms with Gasteiger partial charge in [0.15, 0.2) is 0 Å². The first-order valence-corrected chi connectivity index (χ1v) is 8.91. The molecule has 0 spiro atoms. The van der Waals surface area contributed by atoms with E-state index in [0.29, 0.717) is 29.2 Å². The quantitative estimate of drug-likeness (QED) is 0.696. The molecule has 4 nitrogen and oxygen atoms in total. The Labute approximate surface area is 149 Å². The fourth-order valence-corrected chi connectivity index (χ4v) is 3.31. The zero-order valence-corrected chi connectivity index (χ0v) is 15.3. The van der Waals surface area contributed by atoms with E-state index in [1.54, 1.807) is 6.07 Å². The number of carbonyl (C=O) groups is 1. The van der Waals surface area contributed by atoms with Crippen molar-refractivity contribution in [3.63, 3.8) is 0 Å². The lowest BCUT2D eigenvalue weighted by molar-refractivity contribution is 0.0693. The van der Waals surface area contributed by atoms with Gasteiger partial charge in [0.1, 0.15) is 17.1 Å². The highest BCUT2D eigenvalue weighted by atomic mass is 16.5. The monoisotopic (exact) mass is 344 g/mol. The van der Waals surface area contributed by atoms with E-state index in [9.17, 15) is 15.0 Å². The van der Waals surface area contributed by atoms with Crippen LogP contribution in [-0.4, -0.2) is 23.3 Å². The molecule has 1 fully saturated rings. The van der Waals surface area contributed by atoms with Crippen LogP contribution in [-0.2, 0) is 6.42 Å². The van der Waals surface area contributed by atoms with Gasteiger partial charge in [-0.3, -0.25) is 0 Å². The van der Waals surface area contributed by atoms with Crippen LogP contribution in [0.5, 0.6) is 11.5 Å². The van der Waals surface area contributed by atoms with Crippen LogP contribution in [0.25, 0.3) is 6.08 Å². The number of phenols is 1. The molecule has 0 aromatic heterocycles. The van der Waals surface area contributed by atoms with E-state index in [-0.39, 0.29) is 11.3 Å². The van der Waals surface area contributed by atoms with E-state index in [1.807, 2.05) is 26.0 Å². The van der Waals surface area contributed by atoms with Crippen LogP contribution in [0.2, 0.25) is 0 Å². The third-order valence-electron chi connectivity index (χ3n) is 4.74. The minimum absolute atomic E-state index is 0.0509. The molecule has 0 atom stereocenters. The number of carboxylic acids is 1. The molecule has 1 aliphatic rings. The third-order valence-corrected chi connectivity index (χ3v) is 4.74. The summed E-state index contributed by atoms with van der Waals surface area (Å²) < 4.78 is 5.41. The Bertz CT molecular complexity index is 676. The van der Waals surface area contributed by atoms with Gasteiger partial charge in [-0.2, -0.15) is 0 Å². The number of allylic oxidation sites excluding steroid dienone is 3. The Morgan fingerprint density at radius 2 is 1.96 bits per heavy atom. The Morgan fingerprint density at radius 1 is 1.28 bits per heavy atom. The van der Waals surface area contributed by atoms with Crippen molar-refractivity contribution in [3.8, 4) is 11.5 Å². The summed E-state index contributed by atoms with van der Waals surface area (Å²) in [6.45, 7) is 3.92. The average molecular weight is 344 g/mol. The van der Waals surface area contributed by atoms with Gasteiger partial charge in [-0.25, -0.2) is 4.79 Å². The van der Waals surface area contributed by atoms with Gasteiger partial charge in [-0.05, 0) is 50.7 Å². The number of carboxylic acid groups (broad SMARTS) is 1. The van der Waals surface area contributed by atoms with Gasteiger partial charge in [-0.1, -0.05) is 43.1 Å². The highest BCUT2D eigenvalue weighted by Crippen LogP contribution is 2.36. The zero-order chi connectivity index (χ0) is 18.4. The number of ether oxygens (including phenoxy) is 1. The number of hydrogen-bond donors (Lipinski definition) is 2. The normalized spacial score (nSPS) is 15.3. The molecule has 2 rings (SSSR count). The van der Waals surface area contributed by atoms with Crippen molar-refractivity contribution in [3.05, 3.63) is 40.5 Å². The maximum atomic E-state index is 11.7. The molecule has 0 heterocycles. The lowest BCUT2D eigenvalue weighted by Crippen LogP contribution is -2.06. The van der Waals surface area contributed by atoms with Gasteiger partial charge in [0.05, 0.1) is 7.11 Å². The summed E-state index contributed by atoms with van der Waals surface area (Å²) >= 11 is 0. The standard InChI is InChI=1S/C21H28O4/c1-14(2)9-12-17-18(25-3)13-16(19(20(17)22)21(23)24)11-10-15-7-5-4-6-8-15/h9-11,13,15,22H,4-8,12H2,1-3H3,(H,23,24). The maximum Gasteiger partial charge on any atom is 0.340 e. The molecule has 1 saturated carbocycles. The fourth-order valence-electron chi connectivity index (χ4n) is 3.31. The first kappa shape index (κ1) is 19.1. The first-order valence-electron chi connectivity index (χ1n) is 8.91. The summed E-state index contributed by atoms with van der Waals surface area (Å²) in [7, 11) is 1.54. The summed E-state index contributed by atoms with van der Waals surface area (Å²) in [6.07, 6.45) is 12.3. The minimum atomic E-state index is -1.12. The Kier molecular flexibility index (Phi) is 6.68.